The fourth-order valence-corrected chi connectivity index (χ4v) is 1.78. The maximum atomic E-state index is 5.58. The summed E-state index contributed by atoms with van der Waals surface area (Å²) in [4.78, 5) is 4.28. The number of hydrogen-bond acceptors (Lipinski definition) is 3. The second-order valence-electron chi connectivity index (χ2n) is 4.32. The quantitative estimate of drug-likeness (QED) is 0.721. The first-order chi connectivity index (χ1) is 8.86. The summed E-state index contributed by atoms with van der Waals surface area (Å²) in [7, 11) is 0. The Labute approximate surface area is 108 Å². The Kier molecular flexibility index (Phi) is 4.97. The van der Waals surface area contributed by atoms with Gasteiger partial charge < -0.3 is 9.47 Å². The van der Waals surface area contributed by atoms with E-state index in [9.17, 15) is 0 Å². The van der Waals surface area contributed by atoms with Gasteiger partial charge in [0, 0.05) is 0 Å². The minimum absolute atomic E-state index is 0.248. The van der Waals surface area contributed by atoms with Gasteiger partial charge in [-0.3, -0.25) is 4.99 Å². The van der Waals surface area contributed by atoms with Crippen molar-refractivity contribution in [2.75, 3.05) is 26.4 Å². The molecule has 18 heavy (non-hydrogen) atoms. The molecule has 1 atom stereocenters. The van der Waals surface area contributed by atoms with Crippen molar-refractivity contribution >= 4 is 12.0 Å². The molecular weight excluding hydrogens is 226 g/mol. The first-order valence-corrected chi connectivity index (χ1v) is 6.33. The number of rotatable bonds is 6. The highest BCUT2D eigenvalue weighted by atomic mass is 16.5. The Morgan fingerprint density at radius 3 is 2.94 bits per heavy atom. The molecule has 0 fully saturated rings. The van der Waals surface area contributed by atoms with Crippen LogP contribution in [0.3, 0.4) is 0 Å². The molecule has 0 saturated heterocycles. The van der Waals surface area contributed by atoms with Gasteiger partial charge in [0.05, 0.1) is 25.7 Å². The average molecular weight is 245 g/mol. The molecule has 0 radical (unpaired) electrons. The molecule has 2 rings (SSSR count). The predicted octanol–water partition coefficient (Wildman–Crippen LogP) is 2.78. The first-order valence-electron chi connectivity index (χ1n) is 6.33. The van der Waals surface area contributed by atoms with Crippen LogP contribution in [0, 0.1) is 5.92 Å². The zero-order valence-corrected chi connectivity index (χ0v) is 10.7. The van der Waals surface area contributed by atoms with Crippen molar-refractivity contribution in [2.45, 2.75) is 6.92 Å². The summed E-state index contributed by atoms with van der Waals surface area (Å²) >= 11 is 0. The Morgan fingerprint density at radius 1 is 1.39 bits per heavy atom. The van der Waals surface area contributed by atoms with Gasteiger partial charge in [0.1, 0.15) is 6.61 Å². The van der Waals surface area contributed by atoms with Crippen LogP contribution < -0.4 is 0 Å². The lowest BCUT2D eigenvalue weighted by Crippen LogP contribution is -2.17. The molecule has 0 aromatic heterocycles. The Hall–Kier alpha value is -1.61. The smallest absolute Gasteiger partial charge is 0.188 e. The number of hydrogen-bond donors (Lipinski definition) is 0. The fourth-order valence-electron chi connectivity index (χ4n) is 1.78. The van der Waals surface area contributed by atoms with Crippen molar-refractivity contribution in [3.63, 3.8) is 0 Å². The van der Waals surface area contributed by atoms with Crippen molar-refractivity contribution < 1.29 is 9.47 Å². The normalized spacial score (nSPS) is 16.6. The van der Waals surface area contributed by atoms with Crippen LogP contribution in [-0.4, -0.2) is 32.3 Å². The minimum atomic E-state index is 0.248. The van der Waals surface area contributed by atoms with Crippen molar-refractivity contribution in [3.05, 3.63) is 42.0 Å². The molecule has 1 aromatic rings. The number of ether oxygens (including phenoxy) is 2. The van der Waals surface area contributed by atoms with Gasteiger partial charge in [-0.1, -0.05) is 49.4 Å². The summed E-state index contributed by atoms with van der Waals surface area (Å²) in [6.45, 7) is 4.84. The summed E-state index contributed by atoms with van der Waals surface area (Å²) in [5, 5.41) is 0. The molecule has 0 N–H and O–H groups in total. The highest BCUT2D eigenvalue weighted by Crippen LogP contribution is 2.07. The SMILES string of the molecule is CC(COCC=Cc1ccccc1)C1=NCCO1. The van der Waals surface area contributed by atoms with E-state index in [1.54, 1.807) is 0 Å². The molecule has 0 aliphatic carbocycles. The van der Waals surface area contributed by atoms with E-state index in [0.717, 1.165) is 12.4 Å². The van der Waals surface area contributed by atoms with Gasteiger partial charge in [-0.25, -0.2) is 0 Å². The number of aliphatic imine (C=N–C) groups is 1. The molecule has 0 bridgehead atoms. The van der Waals surface area contributed by atoms with E-state index in [4.69, 9.17) is 9.47 Å². The lowest BCUT2D eigenvalue weighted by atomic mass is 10.2. The fraction of sp³-hybridized carbons (Fsp3) is 0.400. The zero-order chi connectivity index (χ0) is 12.6. The summed E-state index contributed by atoms with van der Waals surface area (Å²) < 4.78 is 11.0. The van der Waals surface area contributed by atoms with Gasteiger partial charge in [-0.15, -0.1) is 0 Å². The topological polar surface area (TPSA) is 30.8 Å². The van der Waals surface area contributed by atoms with Crippen LogP contribution in [-0.2, 0) is 9.47 Å². The van der Waals surface area contributed by atoms with Crippen LogP contribution in [0.2, 0.25) is 0 Å². The lowest BCUT2D eigenvalue weighted by Gasteiger charge is -2.10. The van der Waals surface area contributed by atoms with Gasteiger partial charge >= 0.3 is 0 Å². The third-order valence-corrected chi connectivity index (χ3v) is 2.72. The molecule has 0 amide bonds. The second kappa shape index (κ2) is 6.97. The van der Waals surface area contributed by atoms with Crippen LogP contribution in [0.1, 0.15) is 12.5 Å². The molecule has 0 saturated carbocycles. The van der Waals surface area contributed by atoms with Crippen molar-refractivity contribution in [2.24, 2.45) is 10.9 Å². The van der Waals surface area contributed by atoms with Gasteiger partial charge in [-0.2, -0.15) is 0 Å². The van der Waals surface area contributed by atoms with Crippen LogP contribution in [0.25, 0.3) is 6.08 Å². The van der Waals surface area contributed by atoms with Crippen molar-refractivity contribution in [1.29, 1.82) is 0 Å². The zero-order valence-electron chi connectivity index (χ0n) is 10.7. The molecule has 1 aromatic carbocycles. The van der Waals surface area contributed by atoms with E-state index in [2.05, 4.69) is 30.1 Å². The van der Waals surface area contributed by atoms with E-state index >= 15 is 0 Å². The first kappa shape index (κ1) is 12.8. The highest BCUT2D eigenvalue weighted by Gasteiger charge is 2.15. The summed E-state index contributed by atoms with van der Waals surface area (Å²) in [6.07, 6.45) is 4.09. The maximum Gasteiger partial charge on any atom is 0.188 e. The van der Waals surface area contributed by atoms with Gasteiger partial charge in [0.25, 0.3) is 0 Å². The van der Waals surface area contributed by atoms with Crippen LogP contribution in [0.15, 0.2) is 41.4 Å². The molecule has 1 aliphatic heterocycles. The third kappa shape index (κ3) is 4.00. The molecule has 1 unspecified atom stereocenters. The predicted molar refractivity (Wildman–Crippen MR) is 73.7 cm³/mol. The lowest BCUT2D eigenvalue weighted by molar-refractivity contribution is 0.140. The van der Waals surface area contributed by atoms with E-state index in [-0.39, 0.29) is 5.92 Å². The minimum Gasteiger partial charge on any atom is -0.479 e. The van der Waals surface area contributed by atoms with Gasteiger partial charge in [0.2, 0.25) is 0 Å². The summed E-state index contributed by atoms with van der Waals surface area (Å²) in [6, 6.07) is 10.2. The van der Waals surface area contributed by atoms with E-state index in [1.165, 1.54) is 5.56 Å². The molecule has 3 nitrogen and oxygen atoms in total. The largest absolute Gasteiger partial charge is 0.479 e. The Morgan fingerprint density at radius 2 is 2.22 bits per heavy atom. The van der Waals surface area contributed by atoms with E-state index < -0.39 is 0 Å². The Balaban J connectivity index is 1.65. The molecule has 3 heteroatoms. The van der Waals surface area contributed by atoms with Crippen LogP contribution in [0.4, 0.5) is 0 Å². The van der Waals surface area contributed by atoms with E-state index in [1.807, 2.05) is 24.3 Å². The molecule has 96 valence electrons. The second-order valence-corrected chi connectivity index (χ2v) is 4.32. The average Bonchev–Trinajstić information content (AvgIpc) is 2.93. The van der Waals surface area contributed by atoms with Crippen LogP contribution in [0.5, 0.6) is 0 Å². The monoisotopic (exact) mass is 245 g/mol. The summed E-state index contributed by atoms with van der Waals surface area (Å²) in [5.41, 5.74) is 1.19. The maximum absolute atomic E-state index is 5.58. The Bertz CT molecular complexity index is 412. The summed E-state index contributed by atoms with van der Waals surface area (Å²) in [5.74, 6) is 1.08. The molecule has 1 aliphatic rings. The van der Waals surface area contributed by atoms with Crippen molar-refractivity contribution in [1.82, 2.24) is 0 Å². The van der Waals surface area contributed by atoms with E-state index in [0.29, 0.717) is 19.8 Å². The van der Waals surface area contributed by atoms with Gasteiger partial charge in [-0.05, 0) is 5.56 Å². The molecule has 0 spiro atoms. The van der Waals surface area contributed by atoms with Crippen molar-refractivity contribution in [3.8, 4) is 0 Å². The molecular formula is C15H19NO2. The van der Waals surface area contributed by atoms with Crippen LogP contribution >= 0.6 is 0 Å². The number of nitrogens with zero attached hydrogens (tertiary/aromatic N) is 1. The standard InChI is InChI=1S/C15H19NO2/c1-13(15-16-9-11-18-15)12-17-10-5-8-14-6-3-2-4-7-14/h2-8,13H,9-12H2,1H3. The third-order valence-electron chi connectivity index (χ3n) is 2.72. The molecule has 1 heterocycles. The highest BCUT2D eigenvalue weighted by molar-refractivity contribution is 5.79. The number of benzene rings is 1. The van der Waals surface area contributed by atoms with Gasteiger partial charge in [0.15, 0.2) is 5.90 Å².